The number of carbonyl (C=O) groups is 1. The van der Waals surface area contributed by atoms with Crippen molar-refractivity contribution in [3.05, 3.63) is 12.3 Å². The van der Waals surface area contributed by atoms with Gasteiger partial charge in [0.25, 0.3) is 0 Å². The number of hydrogen-bond donors (Lipinski definition) is 0. The highest BCUT2D eigenvalue weighted by molar-refractivity contribution is 5.69. The van der Waals surface area contributed by atoms with E-state index < -0.39 is 0 Å². The Kier molecular flexibility index (Phi) is 11.3. The minimum atomic E-state index is -0.118. The molecule has 0 spiro atoms. The van der Waals surface area contributed by atoms with Crippen LogP contribution < -0.4 is 0 Å². The van der Waals surface area contributed by atoms with Crippen molar-refractivity contribution in [2.75, 3.05) is 13.2 Å². The largest absolute Gasteiger partial charge is 0.466 e. The van der Waals surface area contributed by atoms with Gasteiger partial charge >= 0.3 is 5.97 Å². The molecule has 0 saturated carbocycles. The van der Waals surface area contributed by atoms with E-state index in [0.717, 1.165) is 19.3 Å². The molecule has 4 heteroatoms. The van der Waals surface area contributed by atoms with Crippen molar-refractivity contribution < 1.29 is 19.3 Å². The number of allylic oxidation sites excluding steroid dienone is 1. The molecule has 0 aliphatic carbocycles. The second-order valence-corrected chi connectivity index (χ2v) is 7.02. The van der Waals surface area contributed by atoms with Gasteiger partial charge in [0.2, 0.25) is 0 Å². The topological polar surface area (TPSA) is 44.8 Å². The molecule has 4 nitrogen and oxygen atoms in total. The minimum Gasteiger partial charge on any atom is -0.466 e. The first kappa shape index (κ1) is 23.2. The van der Waals surface area contributed by atoms with Gasteiger partial charge in [-0.3, -0.25) is 4.79 Å². The molecule has 0 bridgehead atoms. The summed E-state index contributed by atoms with van der Waals surface area (Å²) in [6, 6.07) is 0. The van der Waals surface area contributed by atoms with Crippen molar-refractivity contribution in [1.82, 2.24) is 0 Å². The van der Waals surface area contributed by atoms with E-state index in [1.54, 1.807) is 0 Å². The highest BCUT2D eigenvalue weighted by Gasteiger charge is 2.30. The molecule has 0 amide bonds. The summed E-state index contributed by atoms with van der Waals surface area (Å²) in [5.74, 6) is 0.524. The Bertz CT molecular complexity index is 332. The average molecular weight is 316 g/mol. The first-order chi connectivity index (χ1) is 9.62. The summed E-state index contributed by atoms with van der Waals surface area (Å²) in [6.07, 6.45) is 2.98. The summed E-state index contributed by atoms with van der Waals surface area (Å²) < 4.78 is 4.99. The monoisotopic (exact) mass is 316 g/mol. The van der Waals surface area contributed by atoms with Crippen molar-refractivity contribution in [3.8, 4) is 0 Å². The van der Waals surface area contributed by atoms with Crippen LogP contribution in [0.25, 0.3) is 0 Å². The normalized spacial score (nSPS) is 11.5. The maximum Gasteiger partial charge on any atom is 0.305 e. The van der Waals surface area contributed by atoms with Crippen molar-refractivity contribution in [3.63, 3.8) is 0 Å². The Morgan fingerprint density at radius 1 is 1.05 bits per heavy atom. The van der Waals surface area contributed by atoms with Crippen LogP contribution in [-0.4, -0.2) is 19.2 Å². The fourth-order valence-electron chi connectivity index (χ4n) is 2.83. The fraction of sp³-hybridized carbons (Fsp3) is 0.833. The smallest absolute Gasteiger partial charge is 0.305 e. The third kappa shape index (κ3) is 11.6. The summed E-state index contributed by atoms with van der Waals surface area (Å²) in [6.45, 7) is 17.3. The summed E-state index contributed by atoms with van der Waals surface area (Å²) in [4.78, 5) is 21.5. The molecular weight excluding hydrogens is 280 g/mol. The molecule has 0 aromatic carbocycles. The highest BCUT2D eigenvalue weighted by atomic mass is 17.2. The number of hydrogen-bond acceptors (Lipinski definition) is 4. The van der Waals surface area contributed by atoms with Gasteiger partial charge in [-0.25, -0.2) is 0 Å². The van der Waals surface area contributed by atoms with Gasteiger partial charge in [0.05, 0.1) is 13.2 Å². The van der Waals surface area contributed by atoms with E-state index in [9.17, 15) is 4.79 Å². The molecular formula is C18H36O4. The lowest BCUT2D eigenvalue weighted by molar-refractivity contribution is -0.261. The number of ether oxygens (including phenoxy) is 1. The summed E-state index contributed by atoms with van der Waals surface area (Å²) in [5, 5.41) is 0. The molecule has 0 saturated heterocycles. The molecule has 132 valence electrons. The average Bonchev–Trinajstić information content (AvgIpc) is 2.32. The standard InChI is InChI=1S/C17H32O4.CH4/c1-8-19-15(18)10-11-16(4,5)13-17(6,7)12-14(3)21-20-9-2;/h3,8-13H2,1-2,4-7H3;1H4. The Hall–Kier alpha value is -1.03. The molecule has 0 atom stereocenters. The van der Waals surface area contributed by atoms with Gasteiger partial charge in [0, 0.05) is 12.8 Å². The lowest BCUT2D eigenvalue weighted by Crippen LogP contribution is -2.25. The number of rotatable bonds is 11. The Balaban J connectivity index is 0. The van der Waals surface area contributed by atoms with Crippen LogP contribution in [-0.2, 0) is 19.3 Å². The van der Waals surface area contributed by atoms with E-state index in [4.69, 9.17) is 14.5 Å². The van der Waals surface area contributed by atoms with Crippen LogP contribution in [0.2, 0.25) is 0 Å². The summed E-state index contributed by atoms with van der Waals surface area (Å²) >= 11 is 0. The van der Waals surface area contributed by atoms with Gasteiger partial charge in [-0.15, -0.1) is 0 Å². The maximum absolute atomic E-state index is 11.5. The Labute approximate surface area is 137 Å². The Morgan fingerprint density at radius 3 is 2.14 bits per heavy atom. The van der Waals surface area contributed by atoms with E-state index in [1.165, 1.54) is 0 Å². The SMILES string of the molecule is C.C=C(CC(C)(C)CC(C)(C)CCC(=O)OCC)OOCC. The molecule has 0 heterocycles. The zero-order chi connectivity index (χ0) is 16.5. The molecule has 0 unspecified atom stereocenters. The van der Waals surface area contributed by atoms with Crippen molar-refractivity contribution in [1.29, 1.82) is 0 Å². The highest BCUT2D eigenvalue weighted by Crippen LogP contribution is 2.40. The van der Waals surface area contributed by atoms with Crippen LogP contribution >= 0.6 is 0 Å². The first-order valence-electron chi connectivity index (χ1n) is 7.75. The number of carbonyl (C=O) groups excluding carboxylic acids is 1. The molecule has 0 fully saturated rings. The maximum atomic E-state index is 11.5. The fourth-order valence-corrected chi connectivity index (χ4v) is 2.83. The van der Waals surface area contributed by atoms with Gasteiger partial charge in [-0.05, 0) is 37.5 Å². The first-order valence-corrected chi connectivity index (χ1v) is 7.75. The van der Waals surface area contributed by atoms with Crippen LogP contribution in [0.15, 0.2) is 12.3 Å². The van der Waals surface area contributed by atoms with E-state index in [-0.39, 0.29) is 24.2 Å². The third-order valence-corrected chi connectivity index (χ3v) is 3.24. The van der Waals surface area contributed by atoms with Crippen LogP contribution in [0.4, 0.5) is 0 Å². The predicted molar refractivity (Wildman–Crippen MR) is 91.2 cm³/mol. The quantitative estimate of drug-likeness (QED) is 0.225. The molecule has 0 radical (unpaired) electrons. The second-order valence-electron chi connectivity index (χ2n) is 7.02. The zero-order valence-corrected chi connectivity index (χ0v) is 14.6. The molecule has 0 rings (SSSR count). The van der Waals surface area contributed by atoms with Crippen LogP contribution in [0.3, 0.4) is 0 Å². The lowest BCUT2D eigenvalue weighted by Gasteiger charge is -2.35. The molecule has 0 aliphatic rings. The van der Waals surface area contributed by atoms with E-state index in [2.05, 4.69) is 34.3 Å². The Morgan fingerprint density at radius 2 is 1.64 bits per heavy atom. The van der Waals surface area contributed by atoms with E-state index in [0.29, 0.717) is 25.4 Å². The predicted octanol–water partition coefficient (Wildman–Crippen LogP) is 5.28. The van der Waals surface area contributed by atoms with Gasteiger partial charge in [0.1, 0.15) is 5.76 Å². The van der Waals surface area contributed by atoms with Crippen molar-refractivity contribution in [2.24, 2.45) is 10.8 Å². The van der Waals surface area contributed by atoms with Gasteiger partial charge in [-0.2, -0.15) is 4.89 Å². The third-order valence-electron chi connectivity index (χ3n) is 3.24. The molecule has 0 N–H and O–H groups in total. The zero-order valence-electron chi connectivity index (χ0n) is 14.6. The molecule has 0 aromatic rings. The molecule has 0 aliphatic heterocycles. The molecule has 0 aromatic heterocycles. The molecule has 22 heavy (non-hydrogen) atoms. The van der Waals surface area contributed by atoms with E-state index in [1.807, 2.05) is 13.8 Å². The minimum absolute atomic E-state index is 0. The number of esters is 1. The lowest BCUT2D eigenvalue weighted by atomic mass is 9.71. The van der Waals surface area contributed by atoms with Crippen LogP contribution in [0.1, 0.15) is 74.7 Å². The van der Waals surface area contributed by atoms with Gasteiger partial charge in [-0.1, -0.05) is 41.7 Å². The van der Waals surface area contributed by atoms with Gasteiger partial charge in [0.15, 0.2) is 0 Å². The van der Waals surface area contributed by atoms with Crippen molar-refractivity contribution >= 4 is 5.97 Å². The van der Waals surface area contributed by atoms with Crippen LogP contribution in [0, 0.1) is 10.8 Å². The summed E-state index contributed by atoms with van der Waals surface area (Å²) in [7, 11) is 0. The second kappa shape index (κ2) is 10.7. The van der Waals surface area contributed by atoms with E-state index >= 15 is 0 Å². The van der Waals surface area contributed by atoms with Crippen molar-refractivity contribution in [2.45, 2.75) is 74.7 Å². The van der Waals surface area contributed by atoms with Gasteiger partial charge < -0.3 is 9.62 Å². The van der Waals surface area contributed by atoms with Crippen LogP contribution in [0.5, 0.6) is 0 Å². The summed E-state index contributed by atoms with van der Waals surface area (Å²) in [5.41, 5.74) is 0.0918.